The van der Waals surface area contributed by atoms with E-state index in [-0.39, 0.29) is 53.2 Å². The van der Waals surface area contributed by atoms with Crippen molar-refractivity contribution in [1.82, 2.24) is 35.7 Å². The van der Waals surface area contributed by atoms with Crippen molar-refractivity contribution < 1.29 is 103 Å². The monoisotopic (exact) mass is 2110 g/mol. The summed E-state index contributed by atoms with van der Waals surface area (Å²) in [7, 11) is -5.07. The number of imide groups is 1. The Kier molecular flexibility index (Phi) is 36.1. The normalized spacial score (nSPS) is 12.2. The molecule has 140 heavy (non-hydrogen) atoms. The molecule has 10 aromatic heterocycles. The predicted molar refractivity (Wildman–Crippen MR) is 554 cm³/mol. The van der Waals surface area contributed by atoms with E-state index in [9.17, 15) is 19.2 Å². The average molecular weight is 2110 g/mol. The van der Waals surface area contributed by atoms with Gasteiger partial charge in [-0.3, -0.25) is 14.4 Å². The smallest absolute Gasteiger partial charge is 0.500 e. The number of hydrogen-bond donors (Lipinski definition) is 1. The average Bonchev–Trinajstić information content (AvgIpc) is 1.59. The number of fused-ring (bicyclic) bond motifs is 6. The number of carbonyl (C=O) groups excluding carboxylic acids is 4. The van der Waals surface area contributed by atoms with Crippen LogP contribution in [-0.2, 0) is 63.7 Å². The van der Waals surface area contributed by atoms with Gasteiger partial charge in [-0.25, -0.2) is 33.2 Å². The van der Waals surface area contributed by atoms with Crippen LogP contribution in [-0.4, -0.2) is 123 Å². The van der Waals surface area contributed by atoms with Crippen LogP contribution in [0.25, 0.3) is 171 Å². The maximum atomic E-state index is 12.9. The highest BCUT2D eigenvalue weighted by molar-refractivity contribution is 7.20. The van der Waals surface area contributed by atoms with E-state index in [2.05, 4.69) is 273 Å². The van der Waals surface area contributed by atoms with Crippen molar-refractivity contribution >= 4 is 152 Å². The lowest BCUT2D eigenvalue weighted by Crippen LogP contribution is -3.00. The molecule has 0 saturated carbocycles. The molecule has 2 N–H and O–H groups in total. The summed E-state index contributed by atoms with van der Waals surface area (Å²) in [5, 5.41) is 28.2. The van der Waals surface area contributed by atoms with Crippen LogP contribution < -0.4 is 48.8 Å². The van der Waals surface area contributed by atoms with E-state index >= 15 is 0 Å². The Morgan fingerprint density at radius 2 is 0.664 bits per heavy atom. The van der Waals surface area contributed by atoms with Crippen molar-refractivity contribution in [2.45, 2.75) is 144 Å². The van der Waals surface area contributed by atoms with Crippen molar-refractivity contribution in [1.29, 1.82) is 0 Å². The van der Waals surface area contributed by atoms with E-state index in [1.165, 1.54) is 54.2 Å². The molecule has 19 rings (SSSR count). The SMILES string of the molecule is CCO[Si](CCCCC(=O)CCCC[n+]1ccc(-c2nc(-c3ccc(-c4cccc5ccccc45)s3)c3nonc3c2-c2ccc(-c3cccc4ccccc34)s2)cc1)(OCC)OCC.CCO[Si](CCCN)(OCC)OCC.O=C(CCCC[n+]1ccc(-c2nc(-c3ccc(-c4cccc5ccccc45)s3)c3nonc3c2-c2ccc(-c3cccc4ccccc34)s2)cc1)ON1C(=O)CCC1=O.[Br-].[Br-]. The van der Waals surface area contributed by atoms with Gasteiger partial charge in [-0.05, 0) is 215 Å². The summed E-state index contributed by atoms with van der Waals surface area (Å²) in [4.78, 5) is 73.3. The maximum Gasteiger partial charge on any atom is 0.500 e. The van der Waals surface area contributed by atoms with E-state index < -0.39 is 35.4 Å². The summed E-state index contributed by atoms with van der Waals surface area (Å²) in [5.41, 5.74) is 19.3. The van der Waals surface area contributed by atoms with Gasteiger partial charge in [0.1, 0.15) is 41.3 Å². The minimum atomic E-state index is -2.68. The Morgan fingerprint density at radius 3 is 1.02 bits per heavy atom. The highest BCUT2D eigenvalue weighted by atomic mass is 79.9. The summed E-state index contributed by atoms with van der Waals surface area (Å²) in [6.07, 6.45) is 15.2. The number of carbonyl (C=O) groups is 4. The van der Waals surface area contributed by atoms with Gasteiger partial charge in [-0.15, -0.1) is 50.4 Å². The number of thiophene rings is 4. The van der Waals surface area contributed by atoms with Gasteiger partial charge in [-0.2, -0.15) is 0 Å². The molecule has 0 atom stereocenters. The Labute approximate surface area is 852 Å². The zero-order valence-corrected chi connectivity index (χ0v) is 87.4. The van der Waals surface area contributed by atoms with E-state index in [1.807, 2.05) is 66.1 Å². The van der Waals surface area contributed by atoms with Gasteiger partial charge in [0, 0.05) is 172 Å². The molecule has 23 nitrogen and oxygen atoms in total. The second-order valence-corrected chi connectivity index (χ2v) is 43.1. The van der Waals surface area contributed by atoms with Gasteiger partial charge in [-0.1, -0.05) is 170 Å². The number of unbranched alkanes of at least 4 members (excludes halogenated alkanes) is 3. The molecule has 0 aliphatic carbocycles. The van der Waals surface area contributed by atoms with Crippen LogP contribution in [0.15, 0.2) is 277 Å². The van der Waals surface area contributed by atoms with Crippen LogP contribution in [0.3, 0.4) is 0 Å². The molecule has 0 spiro atoms. The first-order valence-corrected chi connectivity index (χ1v) is 54.6. The van der Waals surface area contributed by atoms with Gasteiger partial charge in [0.15, 0.2) is 35.8 Å². The Morgan fingerprint density at radius 1 is 0.357 bits per heavy atom. The lowest BCUT2D eigenvalue weighted by Gasteiger charge is -2.28. The first-order chi connectivity index (χ1) is 67.7. The van der Waals surface area contributed by atoms with Crippen molar-refractivity contribution in [2.75, 3.05) is 46.2 Å². The van der Waals surface area contributed by atoms with Crippen LogP contribution in [0.1, 0.15) is 119 Å². The number of aromatic nitrogens is 8. The molecule has 1 aliphatic rings. The van der Waals surface area contributed by atoms with Crippen LogP contribution in [0.4, 0.5) is 0 Å². The molecule has 8 aromatic carbocycles. The number of rotatable bonds is 41. The van der Waals surface area contributed by atoms with Gasteiger partial charge in [0.25, 0.3) is 11.8 Å². The van der Waals surface area contributed by atoms with E-state index in [4.69, 9.17) is 56.4 Å². The maximum absolute atomic E-state index is 12.9. The number of ketones is 1. The summed E-state index contributed by atoms with van der Waals surface area (Å²) in [6.45, 7) is 17.5. The summed E-state index contributed by atoms with van der Waals surface area (Å²) in [6, 6.07) is 86.6. The first kappa shape index (κ1) is 103. The van der Waals surface area contributed by atoms with E-state index in [0.717, 1.165) is 140 Å². The van der Waals surface area contributed by atoms with Crippen LogP contribution in [0.2, 0.25) is 12.1 Å². The van der Waals surface area contributed by atoms with Gasteiger partial charge < -0.3 is 71.1 Å². The largest absolute Gasteiger partial charge is 1.00 e. The lowest BCUT2D eigenvalue weighted by molar-refractivity contribution is -0.697. The highest BCUT2D eigenvalue weighted by Gasteiger charge is 2.41. The third kappa shape index (κ3) is 23.9. The van der Waals surface area contributed by atoms with Gasteiger partial charge >= 0.3 is 23.6 Å². The van der Waals surface area contributed by atoms with Crippen molar-refractivity contribution in [2.24, 2.45) is 5.73 Å². The van der Waals surface area contributed by atoms with Gasteiger partial charge in [0.05, 0.1) is 21.1 Å². The predicted octanol–water partition coefficient (Wildman–Crippen LogP) is 19.5. The first-order valence-electron chi connectivity index (χ1n) is 47.5. The molecule has 1 saturated heterocycles. The number of hydrogen-bond acceptors (Lipinski definition) is 24. The fraction of sp³-hybridized carbons (Fsp3) is 0.266. The molecule has 18 aromatic rings. The molecule has 1 aliphatic heterocycles. The Balaban J connectivity index is 0.000000184. The molecular formula is C109H110Br2N10O13S4Si2. The standard InChI is InChI=1S/C53H53N4O5S2Si.C47H34N5O5S2.C9H23NO3Si.2BrH/c1-4-59-65(60-5-2,61-6-3)36-14-12-22-40(58)21-11-13-33-57-34-31-39(32-35-57)50-49(47-29-27-45(63-47)43-25-15-19-37-17-7-9-23-41(37)43)52-53(56-62-55-52)51(54-50)48-30-28-46(64-48)44-26-16-20-38-18-8-10-24-42(38)44;53-40-22-23-41(54)52(40)56-42(55)17-5-6-26-51-27-24-31(25-28-51)44-43(38-20-18-36(58-38)34-15-7-11-29-9-1-3-13-32(29)34)46-47(50-57-49-46)45(48-44)39-21-19-37(59-39)35-16-8-12-30-10-2-4-14-33(30)35;1-4-11-14(12-5-2,13-6-3)9-7-8-10;;/h7-10,15-20,23-32,34-35H,4-6,11-14,21-22,33,36H2,1-3H3;1-4,7-16,18-21,24-25,27-28H,5-6,17,22-23,26H2;4-10H2,1-3H3;2*1H/q2*+1;;;/p-2. The molecule has 2 amide bonds. The Hall–Kier alpha value is -11.6. The number of hydroxylamine groups is 2. The zero-order chi connectivity index (χ0) is 95.3. The number of benzene rings is 8. The summed E-state index contributed by atoms with van der Waals surface area (Å²) >= 11 is 6.76. The van der Waals surface area contributed by atoms with Crippen LogP contribution >= 0.6 is 45.3 Å². The number of pyridine rings is 4. The fourth-order valence-corrected chi connectivity index (χ4v) is 27.3. The number of aryl methyl sites for hydroxylation is 2. The second-order valence-electron chi connectivity index (χ2n) is 33.3. The minimum absolute atomic E-state index is 0. The molecular weight excluding hydrogens is 2000 g/mol. The third-order valence-electron chi connectivity index (χ3n) is 24.2. The van der Waals surface area contributed by atoms with Gasteiger partial charge in [0.2, 0.25) is 0 Å². The topological polar surface area (TPSA) is 274 Å². The number of nitrogens with zero attached hydrogens (tertiary/aromatic N) is 9. The Bertz CT molecular complexity index is 7230. The third-order valence-corrected chi connectivity index (χ3v) is 35.0. The quantitative estimate of drug-likeness (QED) is 0.0161. The molecule has 0 bridgehead atoms. The number of halogens is 2. The molecule has 31 heteroatoms. The van der Waals surface area contributed by atoms with Crippen molar-refractivity contribution in [3.63, 3.8) is 0 Å². The molecule has 11 heterocycles. The molecule has 1 fully saturated rings. The molecule has 0 unspecified atom stereocenters. The number of amides is 2. The van der Waals surface area contributed by atoms with Crippen molar-refractivity contribution in [3.8, 4) is 106 Å². The van der Waals surface area contributed by atoms with Crippen LogP contribution in [0.5, 0.6) is 0 Å². The lowest BCUT2D eigenvalue weighted by atomic mass is 10.0. The van der Waals surface area contributed by atoms with E-state index in [0.29, 0.717) is 117 Å². The number of nitrogens with two attached hydrogens (primary N) is 1. The van der Waals surface area contributed by atoms with Crippen molar-refractivity contribution in [3.05, 3.63) is 267 Å². The van der Waals surface area contributed by atoms with Crippen LogP contribution in [0, 0.1) is 0 Å². The highest BCUT2D eigenvalue weighted by Crippen LogP contribution is 2.50. The second kappa shape index (κ2) is 49.2. The molecule has 720 valence electrons. The molecule has 0 radical (unpaired) electrons. The summed E-state index contributed by atoms with van der Waals surface area (Å²) in [5.74, 6) is -1.24. The zero-order valence-electron chi connectivity index (χ0n) is 79.0. The number of Topliss-reactive ketones (excluding diaryl/α,β-unsaturated/α-hetero) is 1. The van der Waals surface area contributed by atoms with E-state index in [1.54, 1.807) is 45.3 Å². The minimum Gasteiger partial charge on any atom is -1.00 e. The fourth-order valence-electron chi connectivity index (χ4n) is 17.7. The summed E-state index contributed by atoms with van der Waals surface area (Å²) < 4.78 is 50.2.